The van der Waals surface area contributed by atoms with E-state index >= 15 is 0 Å². The van der Waals surface area contributed by atoms with E-state index < -0.39 is 5.82 Å². The van der Waals surface area contributed by atoms with Gasteiger partial charge in [0.25, 0.3) is 5.91 Å². The minimum Gasteiger partial charge on any atom is -0.339 e. The first kappa shape index (κ1) is 31.4. The lowest BCUT2D eigenvalue weighted by Gasteiger charge is -2.36. The molecular weight excluding hydrogens is 561 g/mol. The number of hydrogen-bond acceptors (Lipinski definition) is 5. The fourth-order valence-electron chi connectivity index (χ4n) is 5.22. The third kappa shape index (κ3) is 7.66. The highest BCUT2D eigenvalue weighted by Gasteiger charge is 2.30. The van der Waals surface area contributed by atoms with Crippen LogP contribution in [0.25, 0.3) is 11.1 Å². The first-order chi connectivity index (χ1) is 19.9. The Balaban J connectivity index is 1.61. The van der Waals surface area contributed by atoms with Gasteiger partial charge < -0.3 is 24.5 Å². The van der Waals surface area contributed by atoms with E-state index in [1.165, 1.54) is 17.0 Å². The lowest BCUT2D eigenvalue weighted by atomic mass is 9.91. The standard InChI is InChI=1S/C31H39ClFN5O4/c1-31(2,3)19-28(40)35-13-15-37(16-14-35)30(42)25-17-22(24-7-6-23(32)18-26(24)33)5-8-27(25)38(21-39)20-29(41)36-11-9-34(4)10-12-36/h5-8,17-18,21H,9-16,19-20H2,1-4H3. The predicted octanol–water partition coefficient (Wildman–Crippen LogP) is 3.60. The molecule has 0 saturated carbocycles. The van der Waals surface area contributed by atoms with Gasteiger partial charge in [-0.3, -0.25) is 19.2 Å². The molecular formula is C31H39ClFN5O4. The van der Waals surface area contributed by atoms with Crippen molar-refractivity contribution in [1.82, 2.24) is 19.6 Å². The number of carbonyl (C=O) groups is 4. The molecule has 0 aromatic heterocycles. The van der Waals surface area contributed by atoms with Gasteiger partial charge in [0.05, 0.1) is 11.3 Å². The largest absolute Gasteiger partial charge is 0.339 e. The molecule has 4 rings (SSSR count). The van der Waals surface area contributed by atoms with Crippen LogP contribution in [0.1, 0.15) is 37.6 Å². The second-order valence-corrected chi connectivity index (χ2v) is 12.6. The van der Waals surface area contributed by atoms with Crippen LogP contribution < -0.4 is 4.90 Å². The predicted molar refractivity (Wildman–Crippen MR) is 161 cm³/mol. The molecule has 42 heavy (non-hydrogen) atoms. The molecule has 2 aliphatic heterocycles. The van der Waals surface area contributed by atoms with Crippen molar-refractivity contribution in [3.8, 4) is 11.1 Å². The fourth-order valence-corrected chi connectivity index (χ4v) is 5.38. The summed E-state index contributed by atoms with van der Waals surface area (Å²) in [6, 6.07) is 9.05. The maximum Gasteiger partial charge on any atom is 0.256 e. The van der Waals surface area contributed by atoms with E-state index in [9.17, 15) is 23.6 Å². The molecule has 0 aliphatic carbocycles. The number of rotatable bonds is 7. The quantitative estimate of drug-likeness (QED) is 0.454. The number of piperazine rings is 2. The molecule has 0 spiro atoms. The molecule has 0 atom stereocenters. The summed E-state index contributed by atoms with van der Waals surface area (Å²) in [5.41, 5.74) is 0.989. The summed E-state index contributed by atoms with van der Waals surface area (Å²) in [6.45, 7) is 9.80. The average molecular weight is 600 g/mol. The van der Waals surface area contributed by atoms with Crippen LogP contribution in [0.3, 0.4) is 0 Å². The summed E-state index contributed by atoms with van der Waals surface area (Å²) in [5, 5.41) is 0.248. The van der Waals surface area contributed by atoms with Crippen molar-refractivity contribution >= 4 is 41.4 Å². The van der Waals surface area contributed by atoms with E-state index in [1.54, 1.807) is 39.0 Å². The number of hydrogen-bond donors (Lipinski definition) is 0. The third-order valence-corrected chi connectivity index (χ3v) is 7.90. The van der Waals surface area contributed by atoms with Crippen LogP contribution in [-0.4, -0.2) is 110 Å². The Kier molecular flexibility index (Phi) is 9.89. The summed E-state index contributed by atoms with van der Waals surface area (Å²) in [7, 11) is 1.99. The smallest absolute Gasteiger partial charge is 0.256 e. The molecule has 0 unspecified atom stereocenters. The molecule has 2 aromatic rings. The normalized spacial score (nSPS) is 16.4. The van der Waals surface area contributed by atoms with E-state index in [2.05, 4.69) is 4.90 Å². The Bertz CT molecular complexity index is 1330. The Labute approximate surface area is 251 Å². The van der Waals surface area contributed by atoms with Crippen LogP contribution >= 0.6 is 11.6 Å². The van der Waals surface area contributed by atoms with Crippen LogP contribution in [0.2, 0.25) is 5.02 Å². The van der Waals surface area contributed by atoms with Crippen molar-refractivity contribution in [3.05, 3.63) is 52.8 Å². The highest BCUT2D eigenvalue weighted by atomic mass is 35.5. The lowest BCUT2D eigenvalue weighted by molar-refractivity contribution is -0.134. The van der Waals surface area contributed by atoms with Crippen molar-refractivity contribution in [2.75, 3.05) is 70.9 Å². The fraction of sp³-hybridized carbons (Fsp3) is 0.484. The lowest BCUT2D eigenvalue weighted by Crippen LogP contribution is -2.51. The van der Waals surface area contributed by atoms with Gasteiger partial charge in [0, 0.05) is 69.4 Å². The number of anilines is 1. The molecule has 0 bridgehead atoms. The van der Waals surface area contributed by atoms with Crippen molar-refractivity contribution in [2.24, 2.45) is 5.41 Å². The number of likely N-dealkylation sites (N-methyl/N-ethyl adjacent to an activating group) is 1. The van der Waals surface area contributed by atoms with Gasteiger partial charge in [-0.1, -0.05) is 38.4 Å². The Hall–Kier alpha value is -3.50. The summed E-state index contributed by atoms with van der Waals surface area (Å²) in [6.07, 6.45) is 0.959. The van der Waals surface area contributed by atoms with Gasteiger partial charge in [-0.2, -0.15) is 0 Å². The Morgan fingerprint density at radius 1 is 0.881 bits per heavy atom. The summed E-state index contributed by atoms with van der Waals surface area (Å²) in [4.78, 5) is 60.6. The van der Waals surface area contributed by atoms with E-state index in [1.807, 2.05) is 27.8 Å². The second kappa shape index (κ2) is 13.2. The van der Waals surface area contributed by atoms with Crippen LogP contribution in [0, 0.1) is 11.2 Å². The summed E-state index contributed by atoms with van der Waals surface area (Å²) in [5.74, 6) is -1.07. The molecule has 0 radical (unpaired) electrons. The average Bonchev–Trinajstić information content (AvgIpc) is 2.95. The van der Waals surface area contributed by atoms with Crippen molar-refractivity contribution in [1.29, 1.82) is 0 Å². The zero-order valence-corrected chi connectivity index (χ0v) is 25.5. The van der Waals surface area contributed by atoms with E-state index in [4.69, 9.17) is 11.6 Å². The first-order valence-corrected chi connectivity index (χ1v) is 14.6. The molecule has 226 valence electrons. The first-order valence-electron chi connectivity index (χ1n) is 14.2. The zero-order valence-electron chi connectivity index (χ0n) is 24.7. The third-order valence-electron chi connectivity index (χ3n) is 7.67. The maximum absolute atomic E-state index is 14.9. The van der Waals surface area contributed by atoms with Gasteiger partial charge in [-0.05, 0) is 48.4 Å². The Morgan fingerprint density at radius 3 is 2.07 bits per heavy atom. The van der Waals surface area contributed by atoms with Gasteiger partial charge in [-0.25, -0.2) is 4.39 Å². The topological polar surface area (TPSA) is 84.5 Å². The molecule has 2 heterocycles. The van der Waals surface area contributed by atoms with Gasteiger partial charge in [0.2, 0.25) is 18.2 Å². The number of halogens is 2. The molecule has 2 fully saturated rings. The second-order valence-electron chi connectivity index (χ2n) is 12.2. The van der Waals surface area contributed by atoms with Crippen LogP contribution in [0.15, 0.2) is 36.4 Å². The van der Waals surface area contributed by atoms with Crippen molar-refractivity contribution in [3.63, 3.8) is 0 Å². The van der Waals surface area contributed by atoms with Crippen LogP contribution in [-0.2, 0) is 14.4 Å². The maximum atomic E-state index is 14.9. The van der Waals surface area contributed by atoms with Gasteiger partial charge in [0.1, 0.15) is 12.4 Å². The van der Waals surface area contributed by atoms with E-state index in [-0.39, 0.29) is 51.5 Å². The molecule has 0 N–H and O–H groups in total. The molecule has 11 heteroatoms. The molecule has 2 aromatic carbocycles. The minimum atomic E-state index is -0.544. The van der Waals surface area contributed by atoms with Crippen LogP contribution in [0.5, 0.6) is 0 Å². The molecule has 2 aliphatic rings. The van der Waals surface area contributed by atoms with Crippen LogP contribution in [0.4, 0.5) is 10.1 Å². The Morgan fingerprint density at radius 2 is 1.48 bits per heavy atom. The number of nitrogens with zero attached hydrogens (tertiary/aromatic N) is 5. The highest BCUT2D eigenvalue weighted by molar-refractivity contribution is 6.30. The van der Waals surface area contributed by atoms with Gasteiger partial charge in [-0.15, -0.1) is 0 Å². The highest BCUT2D eigenvalue weighted by Crippen LogP contribution is 2.31. The van der Waals surface area contributed by atoms with Crippen molar-refractivity contribution in [2.45, 2.75) is 27.2 Å². The number of amides is 4. The van der Waals surface area contributed by atoms with E-state index in [0.29, 0.717) is 57.7 Å². The SMILES string of the molecule is CN1CCN(C(=O)CN(C=O)c2ccc(-c3ccc(Cl)cc3F)cc2C(=O)N2CCN(C(=O)CC(C)(C)C)CC2)CC1. The monoisotopic (exact) mass is 599 g/mol. The van der Waals surface area contributed by atoms with Gasteiger partial charge >= 0.3 is 0 Å². The zero-order chi connectivity index (χ0) is 30.6. The summed E-state index contributed by atoms with van der Waals surface area (Å²) >= 11 is 5.95. The molecule has 9 nitrogen and oxygen atoms in total. The van der Waals surface area contributed by atoms with E-state index in [0.717, 1.165) is 13.1 Å². The van der Waals surface area contributed by atoms with Crippen molar-refractivity contribution < 1.29 is 23.6 Å². The number of carbonyl (C=O) groups excluding carboxylic acids is 4. The summed E-state index contributed by atoms with van der Waals surface area (Å²) < 4.78 is 14.9. The molecule has 4 amide bonds. The minimum absolute atomic E-state index is 0.0463. The number of benzene rings is 2. The molecule has 2 saturated heterocycles. The van der Waals surface area contributed by atoms with Gasteiger partial charge in [0.15, 0.2) is 0 Å².